The maximum atomic E-state index is 14.3. The molecule has 6 atom stereocenters. The van der Waals surface area contributed by atoms with E-state index in [-0.39, 0.29) is 25.3 Å². The predicted octanol–water partition coefficient (Wildman–Crippen LogP) is 3.48. The summed E-state index contributed by atoms with van der Waals surface area (Å²) in [5.74, 6) is -2.81. The molecule has 1 aliphatic carbocycles. The first-order valence-corrected chi connectivity index (χ1v) is 19.3. The molecule has 1 saturated heterocycles. The summed E-state index contributed by atoms with van der Waals surface area (Å²) in [7, 11) is -4.00. The van der Waals surface area contributed by atoms with Crippen LogP contribution in [0.2, 0.25) is 0 Å². The van der Waals surface area contributed by atoms with Crippen molar-refractivity contribution in [1.29, 1.82) is 0 Å². The van der Waals surface area contributed by atoms with E-state index in [9.17, 15) is 32.4 Å². The molecule has 1 unspecified atom stereocenters. The second kappa shape index (κ2) is 15.9. The van der Waals surface area contributed by atoms with Gasteiger partial charge in [0.1, 0.15) is 23.2 Å². The molecule has 0 bridgehead atoms. The zero-order valence-electron chi connectivity index (χ0n) is 30.0. The molecule has 5 amide bonds. The quantitative estimate of drug-likeness (QED) is 0.296. The molecule has 13 nitrogen and oxygen atoms in total. The molecule has 1 aromatic rings. The molecule has 2 aliphatic heterocycles. The van der Waals surface area contributed by atoms with Gasteiger partial charge >= 0.3 is 6.09 Å². The van der Waals surface area contributed by atoms with E-state index in [2.05, 4.69) is 20.7 Å². The van der Waals surface area contributed by atoms with Crippen LogP contribution in [0.5, 0.6) is 0 Å². The molecule has 14 heteroatoms. The highest BCUT2D eigenvalue weighted by Gasteiger charge is 2.61. The van der Waals surface area contributed by atoms with Crippen LogP contribution in [-0.4, -0.2) is 84.1 Å². The average Bonchev–Trinajstić information content (AvgIpc) is 3.58. The van der Waals surface area contributed by atoms with Crippen LogP contribution in [0, 0.1) is 5.92 Å². The molecule has 1 aromatic carbocycles. The van der Waals surface area contributed by atoms with E-state index >= 15 is 0 Å². The lowest BCUT2D eigenvalue weighted by Crippen LogP contribution is -2.58. The Kier molecular flexibility index (Phi) is 12.4. The zero-order valence-corrected chi connectivity index (χ0v) is 30.9. The lowest BCUT2D eigenvalue weighted by atomic mass is 10.0. The van der Waals surface area contributed by atoms with Gasteiger partial charge in [-0.25, -0.2) is 13.2 Å². The van der Waals surface area contributed by atoms with Crippen LogP contribution in [0.3, 0.4) is 0 Å². The van der Waals surface area contributed by atoms with Crippen molar-refractivity contribution >= 4 is 39.7 Å². The lowest BCUT2D eigenvalue weighted by Gasteiger charge is -2.30. The van der Waals surface area contributed by atoms with Gasteiger partial charge in [0.25, 0.3) is 11.8 Å². The minimum absolute atomic E-state index is 0.0207. The number of hydrogen-bond donors (Lipinski definition) is 4. The third kappa shape index (κ3) is 9.64. The van der Waals surface area contributed by atoms with Gasteiger partial charge in [-0.05, 0) is 90.3 Å². The Hall–Kier alpha value is -3.94. The monoisotopic (exact) mass is 715 g/mol. The van der Waals surface area contributed by atoms with Gasteiger partial charge in [-0.15, -0.1) is 0 Å². The van der Waals surface area contributed by atoms with E-state index in [0.29, 0.717) is 31.2 Å². The number of sulfonamides is 1. The number of hydrogen-bond acceptors (Lipinski definition) is 8. The molecule has 0 aromatic heterocycles. The number of benzene rings is 1. The molecule has 50 heavy (non-hydrogen) atoms. The number of carbonyl (C=O) groups is 5. The maximum absolute atomic E-state index is 14.3. The van der Waals surface area contributed by atoms with Gasteiger partial charge in [-0.1, -0.05) is 51.0 Å². The first-order valence-electron chi connectivity index (χ1n) is 17.7. The highest BCUT2D eigenvalue weighted by molar-refractivity contribution is 7.90. The highest BCUT2D eigenvalue weighted by atomic mass is 32.2. The van der Waals surface area contributed by atoms with Crippen LogP contribution in [0.15, 0.2) is 36.4 Å². The molecule has 3 aliphatic rings. The van der Waals surface area contributed by atoms with Gasteiger partial charge in [-0.2, -0.15) is 0 Å². The summed E-state index contributed by atoms with van der Waals surface area (Å²) in [5.41, 5.74) is -0.836. The second-order valence-electron chi connectivity index (χ2n) is 14.7. The number of ether oxygens (including phenoxy) is 1. The Labute approximate surface area is 295 Å². The normalized spacial score (nSPS) is 27.3. The zero-order chi connectivity index (χ0) is 36.9. The number of amides is 5. The molecule has 2 heterocycles. The molecule has 1 saturated carbocycles. The number of carbonyl (C=O) groups excluding carboxylic acids is 5. The van der Waals surface area contributed by atoms with Crippen LogP contribution in [0.1, 0.15) is 109 Å². The molecular weight excluding hydrogens is 662 g/mol. The van der Waals surface area contributed by atoms with Gasteiger partial charge in [-0.3, -0.25) is 23.9 Å². The Morgan fingerprint density at radius 3 is 2.40 bits per heavy atom. The smallest absolute Gasteiger partial charge is 0.408 e. The lowest BCUT2D eigenvalue weighted by molar-refractivity contribution is -0.141. The number of rotatable bonds is 8. The Morgan fingerprint density at radius 1 is 1.06 bits per heavy atom. The third-order valence-electron chi connectivity index (χ3n) is 9.67. The number of alkyl carbamates (subject to hydrolysis) is 1. The molecule has 276 valence electrons. The van der Waals surface area contributed by atoms with E-state index < -0.39 is 74.3 Å². The van der Waals surface area contributed by atoms with E-state index in [0.717, 1.165) is 24.8 Å². The van der Waals surface area contributed by atoms with Crippen LogP contribution >= 0.6 is 0 Å². The van der Waals surface area contributed by atoms with Crippen molar-refractivity contribution in [2.24, 2.45) is 5.92 Å². The van der Waals surface area contributed by atoms with Crippen LogP contribution in [0.25, 0.3) is 0 Å². The number of allylic oxidation sites excluding steroid dienone is 1. The van der Waals surface area contributed by atoms with Gasteiger partial charge in [0.15, 0.2) is 0 Å². The van der Waals surface area contributed by atoms with Gasteiger partial charge in [0, 0.05) is 24.1 Å². The topological polar surface area (TPSA) is 180 Å². The SMILES string of the molecule is CCc1ccc(C(=O)N[C@@H]2C[C@H]3C(=O)N[C@]4(C(=O)NS(=O)(=O)C(C)CC)C[C@H]4/C=C\CCCCC[C@H](NC(=O)OC(C)(C)C)C(=O)N3C2)cc1. The fourth-order valence-electron chi connectivity index (χ4n) is 6.37. The summed E-state index contributed by atoms with van der Waals surface area (Å²) in [6.07, 6.45) is 7.47. The first-order chi connectivity index (χ1) is 23.5. The Morgan fingerprint density at radius 2 is 1.76 bits per heavy atom. The molecular formula is C36H53N5O8S. The van der Waals surface area contributed by atoms with Crippen LogP contribution in [-0.2, 0) is 35.6 Å². The molecule has 0 spiro atoms. The first kappa shape index (κ1) is 38.9. The number of aryl methyl sites for hydroxylation is 1. The average molecular weight is 716 g/mol. The minimum atomic E-state index is -4.00. The summed E-state index contributed by atoms with van der Waals surface area (Å²) >= 11 is 0. The van der Waals surface area contributed by atoms with E-state index in [1.54, 1.807) is 39.8 Å². The summed E-state index contributed by atoms with van der Waals surface area (Å²) in [4.78, 5) is 69.6. The van der Waals surface area contributed by atoms with Crippen molar-refractivity contribution in [2.75, 3.05) is 6.54 Å². The van der Waals surface area contributed by atoms with Gasteiger partial charge in [0.2, 0.25) is 21.8 Å². The van der Waals surface area contributed by atoms with E-state index in [1.165, 1.54) is 11.8 Å². The molecule has 0 radical (unpaired) electrons. The fraction of sp³-hybridized carbons (Fsp3) is 0.639. The van der Waals surface area contributed by atoms with E-state index in [1.807, 2.05) is 31.2 Å². The Bertz CT molecular complexity index is 1570. The van der Waals surface area contributed by atoms with E-state index in [4.69, 9.17) is 4.74 Å². The summed E-state index contributed by atoms with van der Waals surface area (Å²) in [6, 6.07) is 4.41. The van der Waals surface area contributed by atoms with Crippen molar-refractivity contribution in [1.82, 2.24) is 25.6 Å². The van der Waals surface area contributed by atoms with Crippen molar-refractivity contribution < 1.29 is 37.1 Å². The summed E-state index contributed by atoms with van der Waals surface area (Å²) in [5, 5.41) is 7.66. The highest BCUT2D eigenvalue weighted by Crippen LogP contribution is 2.45. The number of nitrogens with one attached hydrogen (secondary N) is 4. The minimum Gasteiger partial charge on any atom is -0.444 e. The van der Waals surface area contributed by atoms with Crippen LogP contribution < -0.4 is 20.7 Å². The predicted molar refractivity (Wildman–Crippen MR) is 188 cm³/mol. The Balaban J connectivity index is 1.65. The van der Waals surface area contributed by atoms with Gasteiger partial charge < -0.3 is 25.6 Å². The number of nitrogens with zero attached hydrogens (tertiary/aromatic N) is 1. The second-order valence-corrected chi connectivity index (χ2v) is 16.8. The van der Waals surface area contributed by atoms with Gasteiger partial charge in [0.05, 0.1) is 5.25 Å². The third-order valence-corrected chi connectivity index (χ3v) is 11.5. The standard InChI is InChI=1S/C36H53N5O8S/c1-7-23(3)50(47,48)40-33(45)36-21-26(36)14-12-10-9-11-13-15-28(38-34(46)49-35(4,5)6)32(44)41-22-27(20-29(41)31(43)39-36)37-30(42)25-18-16-24(8-2)17-19-25/h12,14,16-19,23,26-29H,7-11,13,15,20-22H2,1-6H3,(H,37,42)(H,38,46)(H,39,43)(H,40,45)/b14-12-/t23?,26-,27-,28+,29+,36-/m1/s1. The molecule has 2 fully saturated rings. The number of fused-ring (bicyclic) bond motifs is 2. The summed E-state index contributed by atoms with van der Waals surface area (Å²) in [6.45, 7) is 10.3. The molecule has 4 N–H and O–H groups in total. The largest absolute Gasteiger partial charge is 0.444 e. The van der Waals surface area contributed by atoms with Crippen molar-refractivity contribution in [3.05, 3.63) is 47.5 Å². The van der Waals surface area contributed by atoms with Crippen molar-refractivity contribution in [2.45, 2.75) is 134 Å². The van der Waals surface area contributed by atoms with Crippen molar-refractivity contribution in [3.8, 4) is 0 Å². The fourth-order valence-corrected chi connectivity index (χ4v) is 7.45. The summed E-state index contributed by atoms with van der Waals surface area (Å²) < 4.78 is 33.4. The maximum Gasteiger partial charge on any atom is 0.408 e. The van der Waals surface area contributed by atoms with Crippen LogP contribution in [0.4, 0.5) is 4.79 Å². The van der Waals surface area contributed by atoms with Crippen molar-refractivity contribution in [3.63, 3.8) is 0 Å². The molecule has 4 rings (SSSR count).